The molecule has 0 radical (unpaired) electrons. The van der Waals surface area contributed by atoms with E-state index >= 15 is 0 Å². The number of halogens is 2. The number of hydrogen-bond acceptors (Lipinski definition) is 3. The van der Waals surface area contributed by atoms with Crippen LogP contribution in [0.15, 0.2) is 42.5 Å². The van der Waals surface area contributed by atoms with Gasteiger partial charge in [-0.25, -0.2) is 0 Å². The molecule has 0 spiro atoms. The number of rotatable bonds is 5. The van der Waals surface area contributed by atoms with E-state index in [-0.39, 0.29) is 18.9 Å². The monoisotopic (exact) mass is 379 g/mol. The Bertz CT molecular complexity index is 807. The highest BCUT2D eigenvalue weighted by molar-refractivity contribution is 6.42. The molecule has 7 heteroatoms. The molecular weight excluding hydrogens is 365 g/mol. The molecule has 0 bridgehead atoms. The first-order chi connectivity index (χ1) is 11.9. The third-order valence-electron chi connectivity index (χ3n) is 4.01. The standard InChI is InChI=1S/C18H15Cl2NO4/c19-15-6-1-11(7-16(15)20)10-25-14-4-2-13(3-5-14)21-9-12(18(23)24)8-17(21)22/h1-7,12H,8-10H2,(H,23,24). The van der Waals surface area contributed by atoms with Gasteiger partial charge in [-0.3, -0.25) is 9.59 Å². The molecule has 1 N–H and O–H groups in total. The molecule has 0 saturated carbocycles. The van der Waals surface area contributed by atoms with Crippen LogP contribution >= 0.6 is 23.2 Å². The lowest BCUT2D eigenvalue weighted by atomic mass is 10.1. The fourth-order valence-electron chi connectivity index (χ4n) is 2.64. The van der Waals surface area contributed by atoms with Gasteiger partial charge < -0.3 is 14.7 Å². The van der Waals surface area contributed by atoms with Crippen LogP contribution in [-0.2, 0) is 16.2 Å². The zero-order valence-corrected chi connectivity index (χ0v) is 14.6. The van der Waals surface area contributed by atoms with Crippen LogP contribution in [-0.4, -0.2) is 23.5 Å². The Labute approximate surface area is 154 Å². The Kier molecular flexibility index (Phi) is 5.16. The lowest BCUT2D eigenvalue weighted by Gasteiger charge is -2.16. The van der Waals surface area contributed by atoms with Crippen LogP contribution in [0.3, 0.4) is 0 Å². The molecule has 5 nitrogen and oxygen atoms in total. The van der Waals surface area contributed by atoms with Crippen molar-refractivity contribution in [2.75, 3.05) is 11.4 Å². The normalized spacial score (nSPS) is 17.0. The maximum Gasteiger partial charge on any atom is 0.308 e. The van der Waals surface area contributed by atoms with Crippen LogP contribution in [0.4, 0.5) is 5.69 Å². The largest absolute Gasteiger partial charge is 0.489 e. The number of nitrogens with zero attached hydrogens (tertiary/aromatic N) is 1. The maximum atomic E-state index is 12.0. The van der Waals surface area contributed by atoms with E-state index in [0.29, 0.717) is 28.1 Å². The first-order valence-electron chi connectivity index (χ1n) is 7.64. The van der Waals surface area contributed by atoms with Crippen molar-refractivity contribution >= 4 is 40.8 Å². The van der Waals surface area contributed by atoms with Crippen LogP contribution in [0.5, 0.6) is 5.75 Å². The van der Waals surface area contributed by atoms with E-state index in [1.54, 1.807) is 36.4 Å². The number of benzene rings is 2. The summed E-state index contributed by atoms with van der Waals surface area (Å²) in [7, 11) is 0. The van der Waals surface area contributed by atoms with Gasteiger partial charge in [-0.15, -0.1) is 0 Å². The van der Waals surface area contributed by atoms with Crippen molar-refractivity contribution in [3.63, 3.8) is 0 Å². The molecule has 1 unspecified atom stereocenters. The summed E-state index contributed by atoms with van der Waals surface area (Å²) in [6.07, 6.45) is 0.0326. The predicted octanol–water partition coefficient (Wildman–Crippen LogP) is 4.01. The summed E-state index contributed by atoms with van der Waals surface area (Å²) in [4.78, 5) is 24.5. The van der Waals surface area contributed by atoms with Crippen LogP contribution in [0.25, 0.3) is 0 Å². The average molecular weight is 380 g/mol. The third-order valence-corrected chi connectivity index (χ3v) is 4.75. The molecule has 130 valence electrons. The number of carbonyl (C=O) groups excluding carboxylic acids is 1. The van der Waals surface area contributed by atoms with E-state index in [4.69, 9.17) is 33.0 Å². The first-order valence-corrected chi connectivity index (χ1v) is 8.39. The van der Waals surface area contributed by atoms with Gasteiger partial charge in [0.15, 0.2) is 0 Å². The van der Waals surface area contributed by atoms with Crippen molar-refractivity contribution in [1.29, 1.82) is 0 Å². The molecule has 1 aliphatic rings. The second kappa shape index (κ2) is 7.33. The molecular formula is C18H15Cl2NO4. The van der Waals surface area contributed by atoms with Gasteiger partial charge in [-0.2, -0.15) is 0 Å². The molecule has 1 atom stereocenters. The van der Waals surface area contributed by atoms with Gasteiger partial charge in [0.05, 0.1) is 16.0 Å². The van der Waals surface area contributed by atoms with Gasteiger partial charge in [-0.05, 0) is 42.0 Å². The van der Waals surface area contributed by atoms with E-state index in [9.17, 15) is 9.59 Å². The van der Waals surface area contributed by atoms with Crippen LogP contribution < -0.4 is 9.64 Å². The molecule has 0 aromatic heterocycles. The van der Waals surface area contributed by atoms with Gasteiger partial charge in [0.1, 0.15) is 12.4 Å². The van der Waals surface area contributed by atoms with Gasteiger partial charge in [0.25, 0.3) is 0 Å². The quantitative estimate of drug-likeness (QED) is 0.851. The van der Waals surface area contributed by atoms with Gasteiger partial charge in [0.2, 0.25) is 5.91 Å². The Morgan fingerprint density at radius 3 is 2.48 bits per heavy atom. The minimum atomic E-state index is -0.947. The number of anilines is 1. The summed E-state index contributed by atoms with van der Waals surface area (Å²) in [5, 5.41) is 10.00. The number of ether oxygens (including phenoxy) is 1. The topological polar surface area (TPSA) is 66.8 Å². The molecule has 25 heavy (non-hydrogen) atoms. The summed E-state index contributed by atoms with van der Waals surface area (Å²) in [6.45, 7) is 0.525. The van der Waals surface area contributed by atoms with E-state index in [2.05, 4.69) is 0 Å². The summed E-state index contributed by atoms with van der Waals surface area (Å²) in [6, 6.07) is 12.3. The summed E-state index contributed by atoms with van der Waals surface area (Å²) in [5.41, 5.74) is 1.55. The van der Waals surface area contributed by atoms with E-state index in [1.807, 2.05) is 6.07 Å². The van der Waals surface area contributed by atoms with Crippen molar-refractivity contribution in [2.45, 2.75) is 13.0 Å². The summed E-state index contributed by atoms with van der Waals surface area (Å²) >= 11 is 11.8. The molecule has 1 saturated heterocycles. The van der Waals surface area contributed by atoms with Gasteiger partial charge >= 0.3 is 5.97 Å². The minimum absolute atomic E-state index is 0.0326. The van der Waals surface area contributed by atoms with Crippen molar-refractivity contribution in [3.05, 3.63) is 58.1 Å². The third kappa shape index (κ3) is 4.06. The molecule has 2 aromatic rings. The molecule has 1 fully saturated rings. The SMILES string of the molecule is O=C(O)C1CC(=O)N(c2ccc(OCc3ccc(Cl)c(Cl)c3)cc2)C1. The zero-order chi connectivity index (χ0) is 18.0. The van der Waals surface area contributed by atoms with Gasteiger partial charge in [0, 0.05) is 18.7 Å². The highest BCUT2D eigenvalue weighted by Gasteiger charge is 2.34. The number of carboxylic acids is 1. The number of carboxylic acid groups (broad SMARTS) is 1. The van der Waals surface area contributed by atoms with Gasteiger partial charge in [-0.1, -0.05) is 29.3 Å². The Hall–Kier alpha value is -2.24. The number of hydrogen-bond donors (Lipinski definition) is 1. The average Bonchev–Trinajstić information content (AvgIpc) is 2.99. The molecule has 0 aliphatic carbocycles. The molecule has 1 amide bonds. The Balaban J connectivity index is 1.63. The summed E-state index contributed by atoms with van der Waals surface area (Å²) < 4.78 is 5.69. The maximum absolute atomic E-state index is 12.0. The molecule has 3 rings (SSSR count). The minimum Gasteiger partial charge on any atom is -0.489 e. The number of amides is 1. The van der Waals surface area contributed by atoms with Crippen molar-refractivity contribution in [1.82, 2.24) is 0 Å². The smallest absolute Gasteiger partial charge is 0.308 e. The Morgan fingerprint density at radius 2 is 1.88 bits per heavy atom. The lowest BCUT2D eigenvalue weighted by molar-refractivity contribution is -0.141. The lowest BCUT2D eigenvalue weighted by Crippen LogP contribution is -2.25. The van der Waals surface area contributed by atoms with Crippen molar-refractivity contribution in [2.24, 2.45) is 5.92 Å². The second-order valence-electron chi connectivity index (χ2n) is 5.77. The number of carbonyl (C=O) groups is 2. The second-order valence-corrected chi connectivity index (χ2v) is 6.59. The molecule has 2 aromatic carbocycles. The summed E-state index contributed by atoms with van der Waals surface area (Å²) in [5.74, 6) is -1.15. The van der Waals surface area contributed by atoms with Crippen molar-refractivity contribution < 1.29 is 19.4 Å². The fraction of sp³-hybridized carbons (Fsp3) is 0.222. The van der Waals surface area contributed by atoms with Crippen LogP contribution in [0, 0.1) is 5.92 Å². The van der Waals surface area contributed by atoms with E-state index in [0.717, 1.165) is 5.56 Å². The molecule has 1 aliphatic heterocycles. The fourth-order valence-corrected chi connectivity index (χ4v) is 2.96. The first kappa shape index (κ1) is 17.6. The Morgan fingerprint density at radius 1 is 1.16 bits per heavy atom. The molecule has 1 heterocycles. The highest BCUT2D eigenvalue weighted by Crippen LogP contribution is 2.28. The van der Waals surface area contributed by atoms with E-state index in [1.165, 1.54) is 4.90 Å². The highest BCUT2D eigenvalue weighted by atomic mass is 35.5. The predicted molar refractivity (Wildman–Crippen MR) is 95.3 cm³/mol. The van der Waals surface area contributed by atoms with Crippen LogP contribution in [0.2, 0.25) is 10.0 Å². The van der Waals surface area contributed by atoms with Crippen LogP contribution in [0.1, 0.15) is 12.0 Å². The van der Waals surface area contributed by atoms with E-state index < -0.39 is 11.9 Å². The van der Waals surface area contributed by atoms with Crippen molar-refractivity contribution in [3.8, 4) is 5.75 Å². The zero-order valence-electron chi connectivity index (χ0n) is 13.1. The number of aliphatic carboxylic acids is 1.